The van der Waals surface area contributed by atoms with Crippen molar-refractivity contribution in [1.29, 1.82) is 0 Å². The molecule has 25 heavy (non-hydrogen) atoms. The number of ether oxygens (including phenoxy) is 1. The third kappa shape index (κ3) is 5.00. The molecule has 1 amide bonds. The number of piperidine rings is 1. The Morgan fingerprint density at radius 3 is 2.24 bits per heavy atom. The average Bonchev–Trinajstić information content (AvgIpc) is 3.37. The minimum atomic E-state index is -0.204. The number of benzene rings is 1. The lowest BCUT2D eigenvalue weighted by Gasteiger charge is -2.36. The van der Waals surface area contributed by atoms with E-state index in [1.807, 2.05) is 32.9 Å². The molecule has 0 aromatic heterocycles. The number of hydrogen-bond donors (Lipinski definition) is 1. The van der Waals surface area contributed by atoms with Crippen LogP contribution in [0.3, 0.4) is 0 Å². The molecule has 2 aliphatic rings. The number of hydrogen-bond acceptors (Lipinski definition) is 3. The van der Waals surface area contributed by atoms with Crippen molar-refractivity contribution in [3.63, 3.8) is 0 Å². The van der Waals surface area contributed by atoms with Crippen LogP contribution in [0, 0.1) is 0 Å². The number of rotatable bonds is 5. The van der Waals surface area contributed by atoms with Gasteiger partial charge in [0.05, 0.1) is 0 Å². The summed E-state index contributed by atoms with van der Waals surface area (Å²) in [5.74, 6) is 1.37. The van der Waals surface area contributed by atoms with Crippen molar-refractivity contribution >= 4 is 5.91 Å². The topological polar surface area (TPSA) is 41.6 Å². The molecule has 1 N–H and O–H groups in total. The Morgan fingerprint density at radius 2 is 1.72 bits per heavy atom. The number of likely N-dealkylation sites (tertiary alicyclic amines) is 1. The first-order chi connectivity index (χ1) is 11.8. The lowest BCUT2D eigenvalue weighted by molar-refractivity contribution is -0.00294. The largest absolute Gasteiger partial charge is 0.474 e. The minimum Gasteiger partial charge on any atom is -0.474 e. The highest BCUT2D eigenvalue weighted by Gasteiger charge is 2.25. The van der Waals surface area contributed by atoms with Crippen molar-refractivity contribution in [2.24, 2.45) is 0 Å². The van der Waals surface area contributed by atoms with Gasteiger partial charge < -0.3 is 15.0 Å². The number of nitrogens with zero attached hydrogens (tertiary/aromatic N) is 1. The molecule has 136 valence electrons. The average molecular weight is 342 g/mol. The second kappa shape index (κ2) is 7.11. The van der Waals surface area contributed by atoms with Crippen LogP contribution in [0.4, 0.5) is 0 Å². The highest BCUT2D eigenvalue weighted by atomic mass is 16.5. The van der Waals surface area contributed by atoms with Gasteiger partial charge in [-0.2, -0.15) is 0 Å². The Kier molecular flexibility index (Phi) is 5.07. The summed E-state index contributed by atoms with van der Waals surface area (Å²) in [5, 5.41) is 3.04. The summed E-state index contributed by atoms with van der Waals surface area (Å²) in [6.07, 6.45) is 4.40. The van der Waals surface area contributed by atoms with Crippen molar-refractivity contribution in [1.82, 2.24) is 10.2 Å². The van der Waals surface area contributed by atoms with Crippen LogP contribution in [0.2, 0.25) is 0 Å². The second-order valence-corrected chi connectivity index (χ2v) is 8.24. The SMILES string of the molecule is C=C(OC(C)(C)C)N1CCC(c2ccc(C(=O)NC3CC3)cc2)CC1. The first-order valence-corrected chi connectivity index (χ1v) is 9.35. The molecule has 1 aromatic carbocycles. The predicted molar refractivity (Wildman–Crippen MR) is 100 cm³/mol. The molecule has 0 unspecified atom stereocenters. The van der Waals surface area contributed by atoms with Crippen LogP contribution >= 0.6 is 0 Å². The maximum absolute atomic E-state index is 12.1. The van der Waals surface area contributed by atoms with Gasteiger partial charge in [-0.25, -0.2) is 0 Å². The van der Waals surface area contributed by atoms with Gasteiger partial charge in [-0.05, 0) is 76.6 Å². The first kappa shape index (κ1) is 17.8. The van der Waals surface area contributed by atoms with E-state index in [4.69, 9.17) is 4.74 Å². The molecule has 1 heterocycles. The molecule has 0 spiro atoms. The van der Waals surface area contributed by atoms with E-state index in [0.29, 0.717) is 12.0 Å². The van der Waals surface area contributed by atoms with Gasteiger partial charge in [0.1, 0.15) is 5.60 Å². The van der Waals surface area contributed by atoms with Crippen LogP contribution in [-0.4, -0.2) is 35.5 Å². The molecule has 2 fully saturated rings. The normalized spacial score (nSPS) is 18.8. The Hall–Kier alpha value is -1.97. The molecule has 1 aromatic rings. The Labute approximate surface area is 151 Å². The molecule has 4 heteroatoms. The fourth-order valence-corrected chi connectivity index (χ4v) is 3.28. The lowest BCUT2D eigenvalue weighted by atomic mass is 9.89. The summed E-state index contributed by atoms with van der Waals surface area (Å²) in [5.41, 5.74) is 1.88. The number of carbonyl (C=O) groups is 1. The molecular formula is C21H30N2O2. The summed E-state index contributed by atoms with van der Waals surface area (Å²) in [6, 6.07) is 8.55. The summed E-state index contributed by atoms with van der Waals surface area (Å²) in [4.78, 5) is 14.3. The van der Waals surface area contributed by atoms with Crippen molar-refractivity contribution in [2.75, 3.05) is 13.1 Å². The fourth-order valence-electron chi connectivity index (χ4n) is 3.28. The Balaban J connectivity index is 1.52. The molecule has 0 atom stereocenters. The molecule has 4 nitrogen and oxygen atoms in total. The predicted octanol–water partition coefficient (Wildman–Crippen LogP) is 4.04. The van der Waals surface area contributed by atoms with Gasteiger partial charge in [-0.3, -0.25) is 4.79 Å². The minimum absolute atomic E-state index is 0.0551. The number of amides is 1. The fraction of sp³-hybridized carbons (Fsp3) is 0.571. The molecule has 0 radical (unpaired) electrons. The zero-order valence-electron chi connectivity index (χ0n) is 15.7. The van der Waals surface area contributed by atoms with Gasteiger partial charge in [0.25, 0.3) is 5.91 Å². The van der Waals surface area contributed by atoms with Gasteiger partial charge in [-0.1, -0.05) is 12.1 Å². The second-order valence-electron chi connectivity index (χ2n) is 8.24. The summed E-state index contributed by atoms with van der Waals surface area (Å²) in [7, 11) is 0. The van der Waals surface area contributed by atoms with E-state index in [0.717, 1.165) is 50.2 Å². The zero-order valence-corrected chi connectivity index (χ0v) is 15.7. The van der Waals surface area contributed by atoms with Gasteiger partial charge in [0, 0.05) is 24.7 Å². The first-order valence-electron chi connectivity index (χ1n) is 9.35. The van der Waals surface area contributed by atoms with Crippen molar-refractivity contribution in [3.05, 3.63) is 47.9 Å². The number of carbonyl (C=O) groups excluding carboxylic acids is 1. The summed E-state index contributed by atoms with van der Waals surface area (Å²) >= 11 is 0. The molecule has 0 bridgehead atoms. The number of nitrogens with one attached hydrogen (secondary N) is 1. The van der Waals surface area contributed by atoms with Crippen LogP contribution in [0.25, 0.3) is 0 Å². The van der Waals surface area contributed by atoms with Gasteiger partial charge in [0.15, 0.2) is 5.88 Å². The molecule has 1 aliphatic heterocycles. The third-order valence-corrected chi connectivity index (χ3v) is 4.83. The van der Waals surface area contributed by atoms with E-state index < -0.39 is 0 Å². The highest BCUT2D eigenvalue weighted by molar-refractivity contribution is 5.94. The van der Waals surface area contributed by atoms with Crippen LogP contribution in [0.15, 0.2) is 36.7 Å². The molecule has 1 saturated carbocycles. The summed E-state index contributed by atoms with van der Waals surface area (Å²) < 4.78 is 5.88. The maximum Gasteiger partial charge on any atom is 0.251 e. The van der Waals surface area contributed by atoms with E-state index in [9.17, 15) is 4.79 Å². The third-order valence-electron chi connectivity index (χ3n) is 4.83. The van der Waals surface area contributed by atoms with Gasteiger partial charge >= 0.3 is 0 Å². The van der Waals surface area contributed by atoms with Crippen LogP contribution in [-0.2, 0) is 4.74 Å². The maximum atomic E-state index is 12.1. The lowest BCUT2D eigenvalue weighted by Crippen LogP contribution is -2.35. The van der Waals surface area contributed by atoms with Crippen molar-refractivity contribution in [3.8, 4) is 0 Å². The molecule has 3 rings (SSSR count). The molecular weight excluding hydrogens is 312 g/mol. The quantitative estimate of drug-likeness (QED) is 0.821. The van der Waals surface area contributed by atoms with E-state index in [1.54, 1.807) is 0 Å². The van der Waals surface area contributed by atoms with Gasteiger partial charge in [0.2, 0.25) is 0 Å². The van der Waals surface area contributed by atoms with Crippen LogP contribution in [0.5, 0.6) is 0 Å². The monoisotopic (exact) mass is 342 g/mol. The summed E-state index contributed by atoms with van der Waals surface area (Å²) in [6.45, 7) is 12.1. The van der Waals surface area contributed by atoms with E-state index in [2.05, 4.69) is 28.9 Å². The Bertz CT molecular complexity index is 618. The van der Waals surface area contributed by atoms with E-state index in [1.165, 1.54) is 5.56 Å². The van der Waals surface area contributed by atoms with Crippen molar-refractivity contribution in [2.45, 2.75) is 64.0 Å². The van der Waals surface area contributed by atoms with Crippen molar-refractivity contribution < 1.29 is 9.53 Å². The molecule has 1 aliphatic carbocycles. The van der Waals surface area contributed by atoms with E-state index in [-0.39, 0.29) is 11.5 Å². The highest BCUT2D eigenvalue weighted by Crippen LogP contribution is 2.30. The van der Waals surface area contributed by atoms with Crippen LogP contribution in [0.1, 0.15) is 68.3 Å². The smallest absolute Gasteiger partial charge is 0.251 e. The van der Waals surface area contributed by atoms with E-state index >= 15 is 0 Å². The standard InChI is InChI=1S/C21H30N2O2/c1-15(25-21(2,3)4)23-13-11-17(12-14-23)16-5-7-18(8-6-16)20(24)22-19-9-10-19/h5-8,17,19H,1,9-14H2,2-4H3,(H,22,24). The molecule has 1 saturated heterocycles. The Morgan fingerprint density at radius 1 is 1.12 bits per heavy atom. The zero-order chi connectivity index (χ0) is 18.0. The van der Waals surface area contributed by atoms with Crippen LogP contribution < -0.4 is 5.32 Å². The van der Waals surface area contributed by atoms with Gasteiger partial charge in [-0.15, -0.1) is 0 Å².